The van der Waals surface area contributed by atoms with Gasteiger partial charge in [-0.2, -0.15) is 0 Å². The number of esters is 1. The third kappa shape index (κ3) is 8.02. The maximum atomic E-state index is 12.9. The number of carbonyl (C=O) groups excluding carboxylic acids is 2. The Bertz CT molecular complexity index is 738. The summed E-state index contributed by atoms with van der Waals surface area (Å²) in [5.74, 6) is -10.9. The Balaban J connectivity index is 3.01. The molecule has 9 nitrogen and oxygen atoms in total. The summed E-state index contributed by atoms with van der Waals surface area (Å²) in [4.78, 5) is 25.3. The molecule has 1 aromatic carbocycles. The average Bonchev–Trinajstić information content (AvgIpc) is 2.82. The molecule has 0 aliphatic carbocycles. The van der Waals surface area contributed by atoms with E-state index in [2.05, 4.69) is 5.32 Å². The second-order valence-corrected chi connectivity index (χ2v) is 8.75. The van der Waals surface area contributed by atoms with Crippen molar-refractivity contribution in [3.63, 3.8) is 0 Å². The minimum absolute atomic E-state index is 0.148. The molecule has 1 atom stereocenters. The zero-order chi connectivity index (χ0) is 25.7. The Labute approximate surface area is 201 Å². The van der Waals surface area contributed by atoms with Crippen molar-refractivity contribution in [1.82, 2.24) is 5.32 Å². The SMILES string of the molecule is CCCCCCCC(O)(C(=O)NCCCCCC)C(O)(O)C(O)(O)C(=O)OCc1ccccc1. The molecule has 0 radical (unpaired) electrons. The molecular formula is C25H41NO8. The number of nitrogens with one attached hydrogen (secondary N) is 1. The molecule has 0 saturated heterocycles. The molecule has 6 N–H and O–H groups in total. The van der Waals surface area contributed by atoms with E-state index >= 15 is 0 Å². The van der Waals surface area contributed by atoms with Crippen molar-refractivity contribution in [2.24, 2.45) is 0 Å². The maximum absolute atomic E-state index is 12.9. The van der Waals surface area contributed by atoms with Crippen LogP contribution in [0.5, 0.6) is 0 Å². The second kappa shape index (κ2) is 14.4. The number of hydrogen-bond donors (Lipinski definition) is 6. The lowest BCUT2D eigenvalue weighted by atomic mass is 9.81. The first-order valence-electron chi connectivity index (χ1n) is 12.2. The quantitative estimate of drug-likeness (QED) is 0.111. The Morgan fingerprint density at radius 2 is 1.38 bits per heavy atom. The Morgan fingerprint density at radius 3 is 1.97 bits per heavy atom. The molecule has 0 heterocycles. The van der Waals surface area contributed by atoms with Gasteiger partial charge in [-0.3, -0.25) is 4.79 Å². The first-order valence-corrected chi connectivity index (χ1v) is 12.2. The number of amides is 1. The van der Waals surface area contributed by atoms with Gasteiger partial charge in [0.2, 0.25) is 5.60 Å². The van der Waals surface area contributed by atoms with E-state index in [1.54, 1.807) is 30.3 Å². The maximum Gasteiger partial charge on any atom is 0.373 e. The van der Waals surface area contributed by atoms with Crippen LogP contribution in [0, 0.1) is 0 Å². The van der Waals surface area contributed by atoms with Crippen LogP contribution >= 0.6 is 0 Å². The van der Waals surface area contributed by atoms with Gasteiger partial charge in [0.1, 0.15) is 6.61 Å². The molecule has 1 unspecified atom stereocenters. The second-order valence-electron chi connectivity index (χ2n) is 8.75. The fourth-order valence-electron chi connectivity index (χ4n) is 3.58. The lowest BCUT2D eigenvalue weighted by Crippen LogP contribution is -2.75. The summed E-state index contributed by atoms with van der Waals surface area (Å²) >= 11 is 0. The standard InChI is InChI=1S/C25H41NO8/c1-3-5-7-9-13-17-23(29,21(27)26-18-14-8-6-4-2)25(32,33)24(30,31)22(28)34-19-20-15-11-10-12-16-20/h10-12,15-16,29-33H,3-9,13-14,17-19H2,1-2H3,(H,26,27). The molecule has 0 aliphatic heterocycles. The van der Waals surface area contributed by atoms with Gasteiger partial charge in [0.25, 0.3) is 11.7 Å². The molecule has 1 amide bonds. The van der Waals surface area contributed by atoms with Crippen molar-refractivity contribution in [2.75, 3.05) is 6.54 Å². The number of benzene rings is 1. The van der Waals surface area contributed by atoms with Crippen molar-refractivity contribution < 1.29 is 39.9 Å². The third-order valence-corrected chi connectivity index (χ3v) is 5.89. The Kier molecular flexibility index (Phi) is 12.7. The minimum atomic E-state index is -3.97. The van der Waals surface area contributed by atoms with E-state index in [0.717, 1.165) is 38.5 Å². The van der Waals surface area contributed by atoms with Crippen LogP contribution < -0.4 is 5.32 Å². The van der Waals surface area contributed by atoms with E-state index < -0.39 is 35.5 Å². The number of hydrogen-bond acceptors (Lipinski definition) is 8. The molecule has 0 aliphatic rings. The molecule has 1 rings (SSSR count). The van der Waals surface area contributed by atoms with Crippen molar-refractivity contribution in [3.05, 3.63) is 35.9 Å². The van der Waals surface area contributed by atoms with Gasteiger partial charge in [0, 0.05) is 6.54 Å². The fourth-order valence-corrected chi connectivity index (χ4v) is 3.58. The molecule has 1 aromatic rings. The normalized spacial score (nSPS) is 13.9. The van der Waals surface area contributed by atoms with E-state index in [-0.39, 0.29) is 19.6 Å². The molecular weight excluding hydrogens is 442 g/mol. The van der Waals surface area contributed by atoms with Gasteiger partial charge in [-0.1, -0.05) is 89.1 Å². The first kappa shape index (κ1) is 30.0. The summed E-state index contributed by atoms with van der Waals surface area (Å²) in [6, 6.07) is 8.33. The van der Waals surface area contributed by atoms with Gasteiger partial charge in [-0.15, -0.1) is 0 Å². The van der Waals surface area contributed by atoms with Crippen molar-refractivity contribution in [3.8, 4) is 0 Å². The molecule has 194 valence electrons. The highest BCUT2D eigenvalue weighted by atomic mass is 16.7. The van der Waals surface area contributed by atoms with Crippen molar-refractivity contribution >= 4 is 11.9 Å². The van der Waals surface area contributed by atoms with E-state index in [0.29, 0.717) is 18.4 Å². The van der Waals surface area contributed by atoms with Gasteiger partial charge in [0.05, 0.1) is 0 Å². The predicted octanol–water partition coefficient (Wildman–Crippen LogP) is 1.88. The summed E-state index contributed by atoms with van der Waals surface area (Å²) in [6.07, 6.45) is 6.27. The van der Waals surface area contributed by atoms with Gasteiger partial charge in [-0.05, 0) is 24.8 Å². The highest BCUT2D eigenvalue weighted by Crippen LogP contribution is 2.35. The minimum Gasteiger partial charge on any atom is -0.457 e. The zero-order valence-corrected chi connectivity index (χ0v) is 20.3. The van der Waals surface area contributed by atoms with Gasteiger partial charge in [-0.25, -0.2) is 4.79 Å². The van der Waals surface area contributed by atoms with E-state index in [4.69, 9.17) is 4.74 Å². The summed E-state index contributed by atoms with van der Waals surface area (Å²) in [6.45, 7) is 3.81. The largest absolute Gasteiger partial charge is 0.457 e. The van der Waals surface area contributed by atoms with E-state index in [1.165, 1.54) is 0 Å². The van der Waals surface area contributed by atoms with Crippen LogP contribution in [-0.4, -0.2) is 61.1 Å². The lowest BCUT2D eigenvalue weighted by molar-refractivity contribution is -0.390. The number of rotatable bonds is 17. The fraction of sp³-hybridized carbons (Fsp3) is 0.680. The number of ether oxygens (including phenoxy) is 1. The highest BCUT2D eigenvalue weighted by molar-refractivity contribution is 5.89. The van der Waals surface area contributed by atoms with Crippen LogP contribution in [0.1, 0.15) is 83.6 Å². The van der Waals surface area contributed by atoms with Crippen LogP contribution in [0.25, 0.3) is 0 Å². The van der Waals surface area contributed by atoms with Gasteiger partial charge in [0.15, 0.2) is 0 Å². The summed E-state index contributed by atoms with van der Waals surface area (Å²) in [7, 11) is 0. The molecule has 34 heavy (non-hydrogen) atoms. The van der Waals surface area contributed by atoms with Crippen LogP contribution in [0.4, 0.5) is 0 Å². The van der Waals surface area contributed by atoms with Crippen LogP contribution in [0.2, 0.25) is 0 Å². The smallest absolute Gasteiger partial charge is 0.373 e. The lowest BCUT2D eigenvalue weighted by Gasteiger charge is -2.43. The topological polar surface area (TPSA) is 157 Å². The van der Waals surface area contributed by atoms with Crippen LogP contribution in [0.3, 0.4) is 0 Å². The average molecular weight is 484 g/mol. The Morgan fingerprint density at radius 1 is 0.824 bits per heavy atom. The monoisotopic (exact) mass is 483 g/mol. The highest BCUT2D eigenvalue weighted by Gasteiger charge is 2.69. The molecule has 0 saturated carbocycles. The predicted molar refractivity (Wildman–Crippen MR) is 126 cm³/mol. The molecule has 0 spiro atoms. The summed E-state index contributed by atoms with van der Waals surface area (Å²) in [5.41, 5.74) is -2.55. The van der Waals surface area contributed by atoms with Crippen molar-refractivity contribution in [2.45, 2.75) is 102 Å². The molecule has 9 heteroatoms. The molecule has 0 bridgehead atoms. The number of aliphatic hydroxyl groups is 5. The summed E-state index contributed by atoms with van der Waals surface area (Å²) in [5, 5.41) is 55.7. The van der Waals surface area contributed by atoms with Crippen molar-refractivity contribution in [1.29, 1.82) is 0 Å². The number of unbranched alkanes of at least 4 members (excludes halogenated alkanes) is 7. The van der Waals surface area contributed by atoms with E-state index in [9.17, 15) is 35.1 Å². The zero-order valence-electron chi connectivity index (χ0n) is 20.3. The number of carbonyl (C=O) groups is 2. The first-order chi connectivity index (χ1) is 16.0. The molecule has 0 fully saturated rings. The Hall–Kier alpha value is -2.04. The van der Waals surface area contributed by atoms with Crippen LogP contribution in [0.15, 0.2) is 30.3 Å². The van der Waals surface area contributed by atoms with Crippen LogP contribution in [-0.2, 0) is 20.9 Å². The summed E-state index contributed by atoms with van der Waals surface area (Å²) < 4.78 is 4.84. The van der Waals surface area contributed by atoms with Gasteiger partial charge < -0.3 is 35.6 Å². The molecule has 0 aromatic heterocycles. The third-order valence-electron chi connectivity index (χ3n) is 5.89. The van der Waals surface area contributed by atoms with E-state index in [1.807, 2.05) is 13.8 Å². The van der Waals surface area contributed by atoms with Gasteiger partial charge >= 0.3 is 11.8 Å².